The minimum atomic E-state index is -0.818. The van der Waals surface area contributed by atoms with Crippen LogP contribution in [0, 0.1) is 0 Å². The van der Waals surface area contributed by atoms with Gasteiger partial charge in [0.05, 0.1) is 16.6 Å². The molecule has 1 unspecified atom stereocenters. The van der Waals surface area contributed by atoms with Crippen LogP contribution in [0.15, 0.2) is 24.3 Å². The van der Waals surface area contributed by atoms with E-state index in [-0.39, 0.29) is 5.54 Å². The number of rotatable bonds is 5. The molecule has 1 atom stereocenters. The van der Waals surface area contributed by atoms with E-state index < -0.39 is 5.60 Å². The van der Waals surface area contributed by atoms with Crippen LogP contribution in [0.1, 0.15) is 40.4 Å². The molecule has 0 saturated carbocycles. The first kappa shape index (κ1) is 16.0. The number of para-hydroxylation sites is 2. The van der Waals surface area contributed by atoms with Gasteiger partial charge in [0.2, 0.25) is 0 Å². The Hall–Kier alpha value is -1.39. The number of imidazole rings is 1. The third-order valence-corrected chi connectivity index (χ3v) is 3.59. The zero-order chi connectivity index (χ0) is 15.7. The Balaban J connectivity index is 2.22. The highest BCUT2D eigenvalue weighted by atomic mass is 16.3. The number of β-amino-alcohol motifs (C(OH)–C–C–N with tert-alkyl or cyclic N) is 1. The van der Waals surface area contributed by atoms with Crippen molar-refractivity contribution in [2.75, 3.05) is 6.54 Å². The van der Waals surface area contributed by atoms with Gasteiger partial charge in [-0.15, -0.1) is 0 Å². The van der Waals surface area contributed by atoms with E-state index in [1.165, 1.54) is 0 Å². The molecule has 0 bridgehead atoms. The lowest BCUT2D eigenvalue weighted by molar-refractivity contribution is 0.0508. The van der Waals surface area contributed by atoms with Gasteiger partial charge in [-0.1, -0.05) is 12.1 Å². The van der Waals surface area contributed by atoms with Gasteiger partial charge in [-0.05, 0) is 46.8 Å². The van der Waals surface area contributed by atoms with Crippen LogP contribution >= 0.6 is 0 Å². The van der Waals surface area contributed by atoms with Gasteiger partial charge in [-0.25, -0.2) is 4.98 Å². The number of nitrogens with one attached hydrogen (secondary N) is 1. The molecule has 0 amide bonds. The van der Waals surface area contributed by atoms with Gasteiger partial charge in [0, 0.05) is 25.0 Å². The monoisotopic (exact) mass is 289 g/mol. The molecular formula is C17H27N3O. The van der Waals surface area contributed by atoms with Gasteiger partial charge in [0.25, 0.3) is 0 Å². The Bertz CT molecular complexity index is 608. The largest absolute Gasteiger partial charge is 0.388 e. The molecule has 0 fully saturated rings. The predicted octanol–water partition coefficient (Wildman–Crippen LogP) is 2.74. The SMILES string of the molecule is CCn1c(CC(C)(O)CNC(C)(C)C)nc2ccccc21. The van der Waals surface area contributed by atoms with Crippen molar-refractivity contribution in [3.05, 3.63) is 30.1 Å². The van der Waals surface area contributed by atoms with Crippen molar-refractivity contribution in [1.82, 2.24) is 14.9 Å². The van der Waals surface area contributed by atoms with E-state index >= 15 is 0 Å². The number of hydrogen-bond acceptors (Lipinski definition) is 3. The maximum atomic E-state index is 10.7. The summed E-state index contributed by atoms with van der Waals surface area (Å²) in [7, 11) is 0. The molecule has 0 aliphatic carbocycles. The van der Waals surface area contributed by atoms with Crippen LogP contribution < -0.4 is 5.32 Å². The van der Waals surface area contributed by atoms with E-state index in [1.54, 1.807) is 0 Å². The summed E-state index contributed by atoms with van der Waals surface area (Å²) in [6.07, 6.45) is 0.540. The average Bonchev–Trinajstić information content (AvgIpc) is 2.72. The summed E-state index contributed by atoms with van der Waals surface area (Å²) in [5, 5.41) is 14.0. The molecule has 21 heavy (non-hydrogen) atoms. The van der Waals surface area contributed by atoms with Crippen LogP contribution in [0.5, 0.6) is 0 Å². The van der Waals surface area contributed by atoms with Gasteiger partial charge in [0.1, 0.15) is 5.82 Å². The molecule has 2 rings (SSSR count). The molecule has 1 aromatic carbocycles. The topological polar surface area (TPSA) is 50.1 Å². The lowest BCUT2D eigenvalue weighted by Gasteiger charge is -2.29. The molecule has 1 aromatic heterocycles. The van der Waals surface area contributed by atoms with Crippen LogP contribution in [0.2, 0.25) is 0 Å². The third-order valence-electron chi connectivity index (χ3n) is 3.59. The number of aryl methyl sites for hydroxylation is 1. The highest BCUT2D eigenvalue weighted by Crippen LogP contribution is 2.20. The van der Waals surface area contributed by atoms with Crippen LogP contribution in [0.25, 0.3) is 11.0 Å². The van der Waals surface area contributed by atoms with Crippen molar-refractivity contribution in [3.8, 4) is 0 Å². The summed E-state index contributed by atoms with van der Waals surface area (Å²) in [6.45, 7) is 11.7. The minimum Gasteiger partial charge on any atom is -0.388 e. The molecule has 0 spiro atoms. The zero-order valence-corrected chi connectivity index (χ0v) is 13.8. The van der Waals surface area contributed by atoms with Crippen molar-refractivity contribution >= 4 is 11.0 Å². The Labute approximate surface area is 127 Å². The lowest BCUT2D eigenvalue weighted by atomic mass is 9.99. The molecule has 2 aromatic rings. The molecule has 0 saturated heterocycles. The van der Waals surface area contributed by atoms with Gasteiger partial charge >= 0.3 is 0 Å². The van der Waals surface area contributed by atoms with Crippen LogP contribution in [-0.4, -0.2) is 32.3 Å². The van der Waals surface area contributed by atoms with E-state index in [1.807, 2.05) is 25.1 Å². The van der Waals surface area contributed by atoms with E-state index in [4.69, 9.17) is 0 Å². The summed E-state index contributed by atoms with van der Waals surface area (Å²) in [5.41, 5.74) is 1.31. The summed E-state index contributed by atoms with van der Waals surface area (Å²) >= 11 is 0. The van der Waals surface area contributed by atoms with Gasteiger partial charge in [-0.3, -0.25) is 0 Å². The highest BCUT2D eigenvalue weighted by molar-refractivity contribution is 5.75. The van der Waals surface area contributed by atoms with E-state index in [9.17, 15) is 5.11 Å². The Morgan fingerprint density at radius 2 is 1.86 bits per heavy atom. The maximum absolute atomic E-state index is 10.7. The van der Waals surface area contributed by atoms with Crippen LogP contribution in [0.3, 0.4) is 0 Å². The fraction of sp³-hybridized carbons (Fsp3) is 0.588. The second kappa shape index (κ2) is 5.78. The maximum Gasteiger partial charge on any atom is 0.112 e. The first-order valence-electron chi connectivity index (χ1n) is 7.63. The first-order valence-corrected chi connectivity index (χ1v) is 7.63. The second-order valence-corrected chi connectivity index (χ2v) is 7.04. The number of benzene rings is 1. The molecule has 0 aliphatic heterocycles. The molecule has 2 N–H and O–H groups in total. The van der Waals surface area contributed by atoms with Gasteiger partial charge in [0.15, 0.2) is 0 Å². The molecule has 0 aliphatic rings. The average molecular weight is 289 g/mol. The molecule has 4 heteroatoms. The fourth-order valence-corrected chi connectivity index (χ4v) is 2.47. The van der Waals surface area contributed by atoms with Crippen molar-refractivity contribution < 1.29 is 5.11 Å². The molecule has 0 radical (unpaired) electrons. The van der Waals surface area contributed by atoms with Crippen LogP contribution in [0.4, 0.5) is 0 Å². The molecule has 1 heterocycles. The zero-order valence-electron chi connectivity index (χ0n) is 13.8. The standard InChI is InChI=1S/C17H27N3O/c1-6-20-14-10-8-7-9-13(14)19-15(20)11-17(5,21)12-18-16(2,3)4/h7-10,18,21H,6,11-12H2,1-5H3. The third kappa shape index (κ3) is 4.05. The van der Waals surface area contributed by atoms with Crippen molar-refractivity contribution in [3.63, 3.8) is 0 Å². The number of hydrogen-bond donors (Lipinski definition) is 2. The summed E-state index contributed by atoms with van der Waals surface area (Å²) in [5.74, 6) is 0.944. The summed E-state index contributed by atoms with van der Waals surface area (Å²) < 4.78 is 2.18. The molecular weight excluding hydrogens is 262 g/mol. The quantitative estimate of drug-likeness (QED) is 0.890. The normalized spacial score (nSPS) is 15.3. The van der Waals surface area contributed by atoms with Crippen molar-refractivity contribution in [2.24, 2.45) is 0 Å². The lowest BCUT2D eigenvalue weighted by Crippen LogP contribution is -2.47. The first-order chi connectivity index (χ1) is 9.72. The van der Waals surface area contributed by atoms with Crippen molar-refractivity contribution in [2.45, 2.75) is 58.7 Å². The Kier molecular flexibility index (Phi) is 4.40. The van der Waals surface area contributed by atoms with Gasteiger partial charge in [-0.2, -0.15) is 0 Å². The van der Waals surface area contributed by atoms with Crippen molar-refractivity contribution in [1.29, 1.82) is 0 Å². The molecule has 116 valence electrons. The van der Waals surface area contributed by atoms with Crippen LogP contribution in [-0.2, 0) is 13.0 Å². The Morgan fingerprint density at radius 3 is 2.48 bits per heavy atom. The second-order valence-electron chi connectivity index (χ2n) is 7.04. The number of fused-ring (bicyclic) bond motifs is 1. The fourth-order valence-electron chi connectivity index (χ4n) is 2.47. The smallest absolute Gasteiger partial charge is 0.112 e. The Morgan fingerprint density at radius 1 is 1.19 bits per heavy atom. The number of nitrogens with zero attached hydrogens (tertiary/aromatic N) is 2. The summed E-state index contributed by atoms with van der Waals surface area (Å²) in [6, 6.07) is 8.13. The predicted molar refractivity (Wildman–Crippen MR) is 87.5 cm³/mol. The van der Waals surface area contributed by atoms with E-state index in [0.29, 0.717) is 13.0 Å². The summed E-state index contributed by atoms with van der Waals surface area (Å²) in [4.78, 5) is 4.69. The number of aromatic nitrogens is 2. The molecule has 4 nitrogen and oxygen atoms in total. The van der Waals surface area contributed by atoms with E-state index in [0.717, 1.165) is 23.4 Å². The number of aliphatic hydroxyl groups is 1. The minimum absolute atomic E-state index is 0.00508. The van der Waals surface area contributed by atoms with Gasteiger partial charge < -0.3 is 15.0 Å². The van der Waals surface area contributed by atoms with E-state index in [2.05, 4.69) is 48.6 Å². The highest BCUT2D eigenvalue weighted by Gasteiger charge is 2.26.